The quantitative estimate of drug-likeness (QED) is 0.819. The van der Waals surface area contributed by atoms with Crippen LogP contribution < -0.4 is 5.32 Å². The molecule has 2 rings (SSSR count). The zero-order chi connectivity index (χ0) is 13.8. The Morgan fingerprint density at radius 3 is 2.63 bits per heavy atom. The van der Waals surface area contributed by atoms with Crippen molar-refractivity contribution in [1.29, 1.82) is 0 Å². The van der Waals surface area contributed by atoms with Gasteiger partial charge in [0, 0.05) is 18.2 Å². The normalized spacial score (nSPS) is 15.8. The lowest BCUT2D eigenvalue weighted by molar-refractivity contribution is -0.120. The second kappa shape index (κ2) is 5.97. The molecule has 1 aromatic rings. The smallest absolute Gasteiger partial charge is 0.336 e. The first-order valence-electron chi connectivity index (χ1n) is 6.08. The van der Waals surface area contributed by atoms with E-state index >= 15 is 0 Å². The summed E-state index contributed by atoms with van der Waals surface area (Å²) >= 11 is 0. The fourth-order valence-corrected chi connectivity index (χ4v) is 2.89. The van der Waals surface area contributed by atoms with Crippen LogP contribution in [0.3, 0.4) is 0 Å². The minimum Gasteiger partial charge on any atom is -0.478 e. The van der Waals surface area contributed by atoms with Crippen LogP contribution in [-0.4, -0.2) is 33.0 Å². The number of carboxylic acids is 1. The van der Waals surface area contributed by atoms with E-state index in [1.165, 1.54) is 12.1 Å². The number of carbonyl (C=O) groups excluding carboxylic acids is 1. The number of amides is 1. The Morgan fingerprint density at radius 2 is 2.00 bits per heavy atom. The van der Waals surface area contributed by atoms with Gasteiger partial charge in [-0.2, -0.15) is 0 Å². The van der Waals surface area contributed by atoms with Crippen LogP contribution in [0, 0.1) is 0 Å². The lowest BCUT2D eigenvalue weighted by Gasteiger charge is -2.06. The summed E-state index contributed by atoms with van der Waals surface area (Å²) in [6, 6.07) is 6.46. The molecule has 0 heterocycles. The number of hydrogen-bond donors (Lipinski definition) is 2. The molecule has 1 aromatic carbocycles. The lowest BCUT2D eigenvalue weighted by Crippen LogP contribution is -2.26. The fraction of sp³-hybridized carbons (Fsp3) is 0.385. The van der Waals surface area contributed by atoms with Crippen molar-refractivity contribution in [1.82, 2.24) is 5.32 Å². The van der Waals surface area contributed by atoms with Crippen LogP contribution in [0.5, 0.6) is 0 Å². The number of carboxylic acid groups (broad SMARTS) is 1. The largest absolute Gasteiger partial charge is 0.478 e. The van der Waals surface area contributed by atoms with E-state index in [1.807, 2.05) is 0 Å². The lowest BCUT2D eigenvalue weighted by atomic mass is 10.2. The van der Waals surface area contributed by atoms with Gasteiger partial charge in [0.15, 0.2) is 0 Å². The number of nitrogens with one attached hydrogen (secondary N) is 1. The first-order chi connectivity index (χ1) is 9.08. The highest BCUT2D eigenvalue weighted by atomic mass is 32.2. The van der Waals surface area contributed by atoms with Gasteiger partial charge >= 0.3 is 5.97 Å². The van der Waals surface area contributed by atoms with Gasteiger partial charge in [-0.25, -0.2) is 4.79 Å². The summed E-state index contributed by atoms with van der Waals surface area (Å²) in [6.07, 6.45) is 2.17. The Kier molecular flexibility index (Phi) is 4.31. The summed E-state index contributed by atoms with van der Waals surface area (Å²) < 4.78 is 12.0. The van der Waals surface area contributed by atoms with Crippen molar-refractivity contribution in [3.8, 4) is 0 Å². The van der Waals surface area contributed by atoms with Crippen molar-refractivity contribution in [2.45, 2.75) is 30.2 Å². The summed E-state index contributed by atoms with van der Waals surface area (Å²) in [5.74, 6) is -1.09. The summed E-state index contributed by atoms with van der Waals surface area (Å²) in [4.78, 5) is 22.8. The predicted octanol–water partition coefficient (Wildman–Crippen LogP) is 1.16. The summed E-state index contributed by atoms with van der Waals surface area (Å²) in [6.45, 7) is 0. The zero-order valence-electron chi connectivity index (χ0n) is 10.3. The first kappa shape index (κ1) is 13.7. The Labute approximate surface area is 113 Å². The van der Waals surface area contributed by atoms with Gasteiger partial charge in [-0.05, 0) is 25.0 Å². The monoisotopic (exact) mass is 281 g/mol. The highest BCUT2D eigenvalue weighted by Gasteiger charge is 2.23. The second-order valence-corrected chi connectivity index (χ2v) is 5.98. The Hall–Kier alpha value is -1.69. The molecule has 1 fully saturated rings. The zero-order valence-corrected chi connectivity index (χ0v) is 11.1. The fourth-order valence-electron chi connectivity index (χ4n) is 1.66. The molecule has 0 aliphatic heterocycles. The third-order valence-electron chi connectivity index (χ3n) is 2.82. The molecule has 5 nitrogen and oxygen atoms in total. The molecule has 1 saturated carbocycles. The SMILES string of the molecule is O=C(CCS(=O)c1ccccc1C(=O)O)NC1CC1. The molecule has 1 atom stereocenters. The molecule has 0 radical (unpaired) electrons. The van der Waals surface area contributed by atoms with Gasteiger partial charge in [-0.1, -0.05) is 12.1 Å². The number of carbonyl (C=O) groups is 2. The average molecular weight is 281 g/mol. The molecule has 0 spiro atoms. The number of hydrogen-bond acceptors (Lipinski definition) is 3. The summed E-state index contributed by atoms with van der Waals surface area (Å²) in [5, 5.41) is 11.8. The molecular weight excluding hydrogens is 266 g/mol. The Bertz CT molecular complexity index is 525. The van der Waals surface area contributed by atoms with Crippen LogP contribution in [0.1, 0.15) is 29.6 Å². The van der Waals surface area contributed by atoms with Crippen molar-refractivity contribution in [3.63, 3.8) is 0 Å². The summed E-state index contributed by atoms with van der Waals surface area (Å²) in [7, 11) is -1.47. The third-order valence-corrected chi connectivity index (χ3v) is 4.24. The van der Waals surface area contributed by atoms with Gasteiger partial charge in [-0.15, -0.1) is 0 Å². The maximum absolute atomic E-state index is 12.0. The topological polar surface area (TPSA) is 83.5 Å². The minimum absolute atomic E-state index is 0.0310. The Balaban J connectivity index is 1.95. The van der Waals surface area contributed by atoms with Gasteiger partial charge in [0.1, 0.15) is 0 Å². The number of rotatable bonds is 6. The van der Waals surface area contributed by atoms with E-state index < -0.39 is 16.8 Å². The van der Waals surface area contributed by atoms with Crippen LogP contribution in [0.4, 0.5) is 0 Å². The van der Waals surface area contributed by atoms with Gasteiger partial charge in [-0.3, -0.25) is 9.00 Å². The van der Waals surface area contributed by atoms with Crippen molar-refractivity contribution in [2.75, 3.05) is 5.75 Å². The molecule has 1 unspecified atom stereocenters. The van der Waals surface area contributed by atoms with E-state index in [0.29, 0.717) is 0 Å². The molecule has 1 aliphatic carbocycles. The van der Waals surface area contributed by atoms with Crippen molar-refractivity contribution < 1.29 is 18.9 Å². The van der Waals surface area contributed by atoms with Crippen LogP contribution in [0.15, 0.2) is 29.2 Å². The number of aromatic carboxylic acids is 1. The van der Waals surface area contributed by atoms with E-state index in [0.717, 1.165) is 12.8 Å². The van der Waals surface area contributed by atoms with Gasteiger partial charge < -0.3 is 10.4 Å². The van der Waals surface area contributed by atoms with Crippen molar-refractivity contribution in [3.05, 3.63) is 29.8 Å². The van der Waals surface area contributed by atoms with Crippen LogP contribution in [0.25, 0.3) is 0 Å². The van der Waals surface area contributed by atoms with Crippen molar-refractivity contribution in [2.24, 2.45) is 0 Å². The van der Waals surface area contributed by atoms with E-state index in [9.17, 15) is 13.8 Å². The maximum atomic E-state index is 12.0. The molecule has 19 heavy (non-hydrogen) atoms. The minimum atomic E-state index is -1.47. The van der Waals surface area contributed by atoms with E-state index in [4.69, 9.17) is 5.11 Å². The highest BCUT2D eigenvalue weighted by molar-refractivity contribution is 7.85. The summed E-state index contributed by atoms with van der Waals surface area (Å²) in [5.41, 5.74) is 0.0310. The average Bonchev–Trinajstić information content (AvgIpc) is 3.19. The van der Waals surface area contributed by atoms with Crippen LogP contribution in [-0.2, 0) is 15.6 Å². The molecule has 0 aromatic heterocycles. The van der Waals surface area contributed by atoms with Gasteiger partial charge in [0.2, 0.25) is 5.91 Å². The molecule has 1 amide bonds. The predicted molar refractivity (Wildman–Crippen MR) is 70.5 cm³/mol. The van der Waals surface area contributed by atoms with Gasteiger partial charge in [0.05, 0.1) is 21.3 Å². The first-order valence-corrected chi connectivity index (χ1v) is 7.40. The standard InChI is InChI=1S/C13H15NO4S/c15-12(14-9-5-6-9)7-8-19(18)11-4-2-1-3-10(11)13(16)17/h1-4,9H,5-8H2,(H,14,15)(H,16,17). The molecular formula is C13H15NO4S. The molecule has 2 N–H and O–H groups in total. The third kappa shape index (κ3) is 3.89. The number of benzene rings is 1. The van der Waals surface area contributed by atoms with Crippen LogP contribution in [0.2, 0.25) is 0 Å². The van der Waals surface area contributed by atoms with Crippen LogP contribution >= 0.6 is 0 Å². The molecule has 6 heteroatoms. The second-order valence-electron chi connectivity index (χ2n) is 4.44. The molecule has 1 aliphatic rings. The van der Waals surface area contributed by atoms with E-state index in [2.05, 4.69) is 5.32 Å². The molecule has 0 bridgehead atoms. The molecule has 102 valence electrons. The highest BCUT2D eigenvalue weighted by Crippen LogP contribution is 2.19. The Morgan fingerprint density at radius 1 is 1.32 bits per heavy atom. The van der Waals surface area contributed by atoms with Gasteiger partial charge in [0.25, 0.3) is 0 Å². The van der Waals surface area contributed by atoms with E-state index in [1.54, 1.807) is 12.1 Å². The van der Waals surface area contributed by atoms with Crippen molar-refractivity contribution >= 4 is 22.7 Å². The molecule has 0 saturated heterocycles. The van der Waals surface area contributed by atoms with E-state index in [-0.39, 0.29) is 34.6 Å². The maximum Gasteiger partial charge on any atom is 0.336 e.